The summed E-state index contributed by atoms with van der Waals surface area (Å²) in [7, 11) is 1.72. The highest BCUT2D eigenvalue weighted by atomic mass is 19.3. The van der Waals surface area contributed by atoms with Crippen LogP contribution >= 0.6 is 0 Å². The third-order valence-corrected chi connectivity index (χ3v) is 2.97. The van der Waals surface area contributed by atoms with Gasteiger partial charge in [-0.1, -0.05) is 12.1 Å². The fraction of sp³-hybridized carbons (Fsp3) is 0.538. The summed E-state index contributed by atoms with van der Waals surface area (Å²) in [5.74, 6) is 0.247. The molecule has 0 radical (unpaired) electrons. The number of halogens is 2. The molecule has 1 aromatic carbocycles. The Hall–Kier alpha value is -1.16. The van der Waals surface area contributed by atoms with Gasteiger partial charge in [0.25, 0.3) is 6.43 Å². The van der Waals surface area contributed by atoms with Crippen LogP contribution in [0.15, 0.2) is 24.3 Å². The van der Waals surface area contributed by atoms with Crippen molar-refractivity contribution >= 4 is 0 Å². The van der Waals surface area contributed by atoms with Gasteiger partial charge in [0.05, 0.1) is 6.54 Å². The van der Waals surface area contributed by atoms with Crippen molar-refractivity contribution in [2.75, 3.05) is 13.6 Å². The predicted octanol–water partition coefficient (Wildman–Crippen LogP) is 2.91. The molecule has 0 aliphatic rings. The van der Waals surface area contributed by atoms with Crippen LogP contribution < -0.4 is 0 Å². The molecule has 17 heavy (non-hydrogen) atoms. The van der Waals surface area contributed by atoms with Crippen molar-refractivity contribution in [2.24, 2.45) is 0 Å². The van der Waals surface area contributed by atoms with E-state index < -0.39 is 6.43 Å². The molecule has 0 bridgehead atoms. The standard InChI is InChI=1S/C13H19F2NO/c1-10(16(2)9-13(14)15)3-4-11-5-7-12(17)8-6-11/h5-8,10,13,17H,3-4,9H2,1-2H3. The van der Waals surface area contributed by atoms with Crippen LogP contribution in [-0.2, 0) is 6.42 Å². The first-order valence-electron chi connectivity index (χ1n) is 5.75. The number of nitrogens with zero attached hydrogens (tertiary/aromatic N) is 1. The zero-order chi connectivity index (χ0) is 12.8. The molecular weight excluding hydrogens is 224 g/mol. The van der Waals surface area contributed by atoms with E-state index in [9.17, 15) is 8.78 Å². The van der Waals surface area contributed by atoms with Crippen LogP contribution in [0.1, 0.15) is 18.9 Å². The van der Waals surface area contributed by atoms with Crippen LogP contribution in [-0.4, -0.2) is 36.1 Å². The Kier molecular flexibility index (Phi) is 5.35. The monoisotopic (exact) mass is 243 g/mol. The fourth-order valence-corrected chi connectivity index (χ4v) is 1.66. The van der Waals surface area contributed by atoms with Crippen LogP contribution in [0.5, 0.6) is 5.75 Å². The number of aryl methyl sites for hydroxylation is 1. The predicted molar refractivity (Wildman–Crippen MR) is 64.5 cm³/mol. The molecule has 1 rings (SSSR count). The number of alkyl halides is 2. The van der Waals surface area contributed by atoms with E-state index in [1.807, 2.05) is 19.1 Å². The van der Waals surface area contributed by atoms with Crippen molar-refractivity contribution in [3.8, 4) is 5.75 Å². The summed E-state index contributed by atoms with van der Waals surface area (Å²) in [6.45, 7) is 1.76. The number of phenolic OH excluding ortho intramolecular Hbond substituents is 1. The second-order valence-electron chi connectivity index (χ2n) is 4.38. The summed E-state index contributed by atoms with van der Waals surface area (Å²) in [5.41, 5.74) is 1.11. The molecule has 0 aromatic heterocycles. The van der Waals surface area contributed by atoms with Gasteiger partial charge in [0.2, 0.25) is 0 Å². The van der Waals surface area contributed by atoms with Gasteiger partial charge in [0.1, 0.15) is 5.75 Å². The molecule has 1 unspecified atom stereocenters. The van der Waals surface area contributed by atoms with Gasteiger partial charge >= 0.3 is 0 Å². The zero-order valence-corrected chi connectivity index (χ0v) is 10.2. The minimum absolute atomic E-state index is 0.123. The number of benzene rings is 1. The minimum Gasteiger partial charge on any atom is -0.508 e. The lowest BCUT2D eigenvalue weighted by atomic mass is 10.1. The van der Waals surface area contributed by atoms with E-state index in [1.165, 1.54) is 0 Å². The van der Waals surface area contributed by atoms with Gasteiger partial charge in [-0.2, -0.15) is 0 Å². The molecule has 4 heteroatoms. The number of hydrogen-bond acceptors (Lipinski definition) is 2. The molecule has 0 spiro atoms. The maximum Gasteiger partial charge on any atom is 0.251 e. The van der Waals surface area contributed by atoms with Gasteiger partial charge in [-0.05, 0) is 44.5 Å². The highest BCUT2D eigenvalue weighted by Gasteiger charge is 2.13. The summed E-state index contributed by atoms with van der Waals surface area (Å²) < 4.78 is 24.4. The Morgan fingerprint density at radius 1 is 1.24 bits per heavy atom. The third kappa shape index (κ3) is 5.13. The Morgan fingerprint density at radius 3 is 2.35 bits per heavy atom. The van der Waals surface area contributed by atoms with Crippen LogP contribution in [0, 0.1) is 0 Å². The summed E-state index contributed by atoms with van der Waals surface area (Å²) in [6.07, 6.45) is -0.626. The zero-order valence-electron chi connectivity index (χ0n) is 10.2. The molecule has 2 nitrogen and oxygen atoms in total. The summed E-state index contributed by atoms with van der Waals surface area (Å²) in [6, 6.07) is 7.12. The fourth-order valence-electron chi connectivity index (χ4n) is 1.66. The molecule has 1 N–H and O–H groups in total. The van der Waals surface area contributed by atoms with E-state index in [0.29, 0.717) is 0 Å². The Morgan fingerprint density at radius 2 is 1.82 bits per heavy atom. The average Bonchev–Trinajstić information content (AvgIpc) is 2.27. The molecule has 96 valence electrons. The summed E-state index contributed by atoms with van der Waals surface area (Å²) in [5, 5.41) is 9.13. The molecule has 1 atom stereocenters. The van der Waals surface area contributed by atoms with Crippen LogP contribution in [0.4, 0.5) is 8.78 Å². The second-order valence-corrected chi connectivity index (χ2v) is 4.38. The van der Waals surface area contributed by atoms with Crippen LogP contribution in [0.25, 0.3) is 0 Å². The molecule has 0 saturated carbocycles. The van der Waals surface area contributed by atoms with Crippen molar-refractivity contribution in [1.82, 2.24) is 4.90 Å². The van der Waals surface area contributed by atoms with Gasteiger partial charge in [0, 0.05) is 6.04 Å². The van der Waals surface area contributed by atoms with E-state index in [4.69, 9.17) is 5.11 Å². The average molecular weight is 243 g/mol. The Balaban J connectivity index is 2.37. The highest BCUT2D eigenvalue weighted by molar-refractivity contribution is 5.25. The first kappa shape index (κ1) is 13.9. The largest absolute Gasteiger partial charge is 0.508 e. The molecule has 0 fully saturated rings. The number of aromatic hydroxyl groups is 1. The van der Waals surface area contributed by atoms with Crippen LogP contribution in [0.3, 0.4) is 0 Å². The first-order valence-corrected chi connectivity index (χ1v) is 5.75. The molecule has 0 heterocycles. The van der Waals surface area contributed by atoms with Gasteiger partial charge in [0.15, 0.2) is 0 Å². The Bertz CT molecular complexity index is 327. The van der Waals surface area contributed by atoms with E-state index in [1.54, 1.807) is 24.1 Å². The maximum atomic E-state index is 12.2. The first-order chi connectivity index (χ1) is 7.99. The quantitative estimate of drug-likeness (QED) is 0.830. The van der Waals surface area contributed by atoms with Gasteiger partial charge in [-0.25, -0.2) is 8.78 Å². The summed E-state index contributed by atoms with van der Waals surface area (Å²) in [4.78, 5) is 1.67. The number of hydrogen-bond donors (Lipinski definition) is 1. The van der Waals surface area contributed by atoms with E-state index in [2.05, 4.69) is 0 Å². The van der Waals surface area contributed by atoms with E-state index in [0.717, 1.165) is 18.4 Å². The van der Waals surface area contributed by atoms with E-state index in [-0.39, 0.29) is 18.3 Å². The number of rotatable bonds is 6. The number of phenols is 1. The van der Waals surface area contributed by atoms with Crippen LogP contribution in [0.2, 0.25) is 0 Å². The normalized spacial score (nSPS) is 13.3. The van der Waals surface area contributed by atoms with Crippen molar-refractivity contribution < 1.29 is 13.9 Å². The molecule has 1 aromatic rings. The smallest absolute Gasteiger partial charge is 0.251 e. The summed E-state index contributed by atoms with van der Waals surface area (Å²) >= 11 is 0. The lowest BCUT2D eigenvalue weighted by molar-refractivity contribution is 0.0825. The molecule has 0 amide bonds. The van der Waals surface area contributed by atoms with Gasteiger partial charge in [-0.15, -0.1) is 0 Å². The molecule has 0 aliphatic carbocycles. The van der Waals surface area contributed by atoms with Gasteiger partial charge in [-0.3, -0.25) is 4.90 Å². The SMILES string of the molecule is CC(CCc1ccc(O)cc1)N(C)CC(F)F. The maximum absolute atomic E-state index is 12.2. The van der Waals surface area contributed by atoms with Gasteiger partial charge < -0.3 is 5.11 Å². The Labute approximate surface area is 101 Å². The van der Waals surface area contributed by atoms with E-state index >= 15 is 0 Å². The lowest BCUT2D eigenvalue weighted by Crippen LogP contribution is -2.33. The molecular formula is C13H19F2NO. The topological polar surface area (TPSA) is 23.5 Å². The van der Waals surface area contributed by atoms with Crippen molar-refractivity contribution in [1.29, 1.82) is 0 Å². The molecule has 0 saturated heterocycles. The van der Waals surface area contributed by atoms with Crippen molar-refractivity contribution in [3.63, 3.8) is 0 Å². The lowest BCUT2D eigenvalue weighted by Gasteiger charge is -2.24. The third-order valence-electron chi connectivity index (χ3n) is 2.97. The van der Waals surface area contributed by atoms with Crippen molar-refractivity contribution in [3.05, 3.63) is 29.8 Å². The van der Waals surface area contributed by atoms with Crippen molar-refractivity contribution in [2.45, 2.75) is 32.2 Å². The second kappa shape index (κ2) is 6.55. The highest BCUT2D eigenvalue weighted by Crippen LogP contribution is 2.13. The molecule has 0 aliphatic heterocycles. The minimum atomic E-state index is -2.28.